The van der Waals surface area contributed by atoms with E-state index >= 15 is 0 Å². The van der Waals surface area contributed by atoms with Crippen LogP contribution in [-0.2, 0) is 27.1 Å². The van der Waals surface area contributed by atoms with Crippen molar-refractivity contribution in [3.05, 3.63) is 35.4 Å². The molecule has 1 aliphatic carbocycles. The number of likely N-dealkylation sites (tertiary alicyclic amines) is 1. The van der Waals surface area contributed by atoms with Gasteiger partial charge in [0.2, 0.25) is 5.91 Å². The maximum atomic E-state index is 12.8. The Balaban J connectivity index is 1.24. The molecule has 0 aromatic heterocycles. The molecule has 1 aromatic carbocycles. The third kappa shape index (κ3) is 3.81. The van der Waals surface area contributed by atoms with Gasteiger partial charge in [-0.3, -0.25) is 4.79 Å². The first-order chi connectivity index (χ1) is 12.7. The van der Waals surface area contributed by atoms with Crippen LogP contribution in [0.1, 0.15) is 43.7 Å². The van der Waals surface area contributed by atoms with Gasteiger partial charge >= 0.3 is 0 Å². The van der Waals surface area contributed by atoms with Gasteiger partial charge in [0.1, 0.15) is 0 Å². The van der Waals surface area contributed by atoms with Gasteiger partial charge in [-0.2, -0.15) is 0 Å². The highest BCUT2D eigenvalue weighted by atomic mass is 16.5. The van der Waals surface area contributed by atoms with E-state index in [9.17, 15) is 4.79 Å². The van der Waals surface area contributed by atoms with Gasteiger partial charge < -0.3 is 14.4 Å². The molecule has 142 valence electrons. The van der Waals surface area contributed by atoms with Crippen LogP contribution in [0.4, 0.5) is 0 Å². The molecule has 4 rings (SSSR count). The van der Waals surface area contributed by atoms with E-state index in [0.717, 1.165) is 58.4 Å². The fourth-order valence-corrected chi connectivity index (χ4v) is 5.00. The lowest BCUT2D eigenvalue weighted by Gasteiger charge is -2.38. The summed E-state index contributed by atoms with van der Waals surface area (Å²) in [6, 6.07) is 8.64. The molecule has 4 heteroatoms. The SMILES string of the molecule is CCOC[C@@H]1CC2(CCN(C(=O)CC3Cc4ccccc4C3)CC2)CO1. The topological polar surface area (TPSA) is 38.8 Å². The zero-order valence-electron chi connectivity index (χ0n) is 15.9. The highest BCUT2D eigenvalue weighted by Crippen LogP contribution is 2.42. The molecule has 0 saturated carbocycles. The summed E-state index contributed by atoms with van der Waals surface area (Å²) in [5.41, 5.74) is 3.15. The van der Waals surface area contributed by atoms with Crippen molar-refractivity contribution in [2.75, 3.05) is 32.9 Å². The van der Waals surface area contributed by atoms with E-state index in [0.29, 0.717) is 24.9 Å². The summed E-state index contributed by atoms with van der Waals surface area (Å²) in [4.78, 5) is 14.9. The summed E-state index contributed by atoms with van der Waals surface area (Å²) in [5.74, 6) is 0.837. The van der Waals surface area contributed by atoms with Crippen molar-refractivity contribution in [2.45, 2.75) is 51.6 Å². The van der Waals surface area contributed by atoms with Crippen LogP contribution in [0.2, 0.25) is 0 Å². The predicted molar refractivity (Wildman–Crippen MR) is 101 cm³/mol. The highest BCUT2D eigenvalue weighted by molar-refractivity contribution is 5.76. The van der Waals surface area contributed by atoms with Crippen molar-refractivity contribution < 1.29 is 14.3 Å². The molecule has 2 heterocycles. The molecule has 4 nitrogen and oxygen atoms in total. The van der Waals surface area contributed by atoms with E-state index in [4.69, 9.17) is 9.47 Å². The number of amides is 1. The molecule has 0 unspecified atom stereocenters. The fourth-order valence-electron chi connectivity index (χ4n) is 5.00. The Morgan fingerprint density at radius 1 is 1.23 bits per heavy atom. The van der Waals surface area contributed by atoms with E-state index in [1.807, 2.05) is 6.92 Å². The van der Waals surface area contributed by atoms with E-state index in [-0.39, 0.29) is 11.5 Å². The third-order valence-corrected chi connectivity index (χ3v) is 6.57. The molecule has 0 N–H and O–H groups in total. The van der Waals surface area contributed by atoms with Gasteiger partial charge in [0.05, 0.1) is 19.3 Å². The first-order valence-corrected chi connectivity index (χ1v) is 10.2. The second-order valence-electron chi connectivity index (χ2n) is 8.42. The van der Waals surface area contributed by atoms with Crippen LogP contribution in [0.5, 0.6) is 0 Å². The first kappa shape index (κ1) is 18.0. The van der Waals surface area contributed by atoms with Gasteiger partial charge in [0.15, 0.2) is 0 Å². The molecule has 2 saturated heterocycles. The number of piperidine rings is 1. The Morgan fingerprint density at radius 2 is 1.92 bits per heavy atom. The molecule has 2 fully saturated rings. The lowest BCUT2D eigenvalue weighted by Crippen LogP contribution is -2.44. The van der Waals surface area contributed by atoms with Crippen LogP contribution in [-0.4, -0.2) is 49.8 Å². The van der Waals surface area contributed by atoms with E-state index in [2.05, 4.69) is 29.2 Å². The summed E-state index contributed by atoms with van der Waals surface area (Å²) < 4.78 is 11.5. The van der Waals surface area contributed by atoms with Crippen molar-refractivity contribution in [1.29, 1.82) is 0 Å². The average molecular weight is 357 g/mol. The smallest absolute Gasteiger partial charge is 0.222 e. The number of carbonyl (C=O) groups excluding carboxylic acids is 1. The van der Waals surface area contributed by atoms with Crippen LogP contribution in [0.3, 0.4) is 0 Å². The Labute approximate surface area is 156 Å². The van der Waals surface area contributed by atoms with Gasteiger partial charge in [-0.25, -0.2) is 0 Å². The van der Waals surface area contributed by atoms with Gasteiger partial charge in [0, 0.05) is 26.1 Å². The molecule has 0 radical (unpaired) electrons. The normalized spacial score (nSPS) is 25.0. The van der Waals surface area contributed by atoms with E-state index < -0.39 is 0 Å². The van der Waals surface area contributed by atoms with Crippen molar-refractivity contribution in [2.24, 2.45) is 11.3 Å². The molecule has 1 atom stereocenters. The van der Waals surface area contributed by atoms with Crippen LogP contribution in [0.15, 0.2) is 24.3 Å². The Morgan fingerprint density at radius 3 is 2.58 bits per heavy atom. The van der Waals surface area contributed by atoms with Crippen LogP contribution in [0, 0.1) is 11.3 Å². The monoisotopic (exact) mass is 357 g/mol. The largest absolute Gasteiger partial charge is 0.379 e. The van der Waals surface area contributed by atoms with Crippen molar-refractivity contribution in [3.8, 4) is 0 Å². The molecular weight excluding hydrogens is 326 g/mol. The standard InChI is InChI=1S/C22H31NO3/c1-2-25-15-20-14-22(16-26-20)7-9-23(10-8-22)21(24)13-17-11-18-5-3-4-6-19(18)12-17/h3-6,17,20H,2,7-16H2,1H3/t20-/m0/s1. The van der Waals surface area contributed by atoms with Gasteiger partial charge in [-0.05, 0) is 61.5 Å². The zero-order chi connectivity index (χ0) is 18.0. The van der Waals surface area contributed by atoms with E-state index in [1.54, 1.807) is 0 Å². The Bertz CT molecular complexity index is 611. The van der Waals surface area contributed by atoms with Gasteiger partial charge in [-0.1, -0.05) is 24.3 Å². The molecule has 1 aromatic rings. The quantitative estimate of drug-likeness (QED) is 0.812. The number of rotatable bonds is 5. The molecule has 0 bridgehead atoms. The summed E-state index contributed by atoms with van der Waals surface area (Å²) in [5, 5.41) is 0. The minimum atomic E-state index is 0.245. The van der Waals surface area contributed by atoms with Crippen LogP contribution in [0.25, 0.3) is 0 Å². The summed E-state index contributed by atoms with van der Waals surface area (Å²) in [6.07, 6.45) is 6.31. The number of carbonyl (C=O) groups is 1. The zero-order valence-corrected chi connectivity index (χ0v) is 15.9. The second kappa shape index (κ2) is 7.69. The molecule has 26 heavy (non-hydrogen) atoms. The average Bonchev–Trinajstić information content (AvgIpc) is 3.24. The lowest BCUT2D eigenvalue weighted by molar-refractivity contribution is -0.134. The fraction of sp³-hybridized carbons (Fsp3) is 0.682. The molecule has 1 amide bonds. The molecule has 2 aliphatic heterocycles. The Hall–Kier alpha value is -1.39. The van der Waals surface area contributed by atoms with Crippen LogP contribution < -0.4 is 0 Å². The number of nitrogens with zero attached hydrogens (tertiary/aromatic N) is 1. The van der Waals surface area contributed by atoms with Crippen LogP contribution >= 0.6 is 0 Å². The van der Waals surface area contributed by atoms with Crippen molar-refractivity contribution >= 4 is 5.91 Å². The minimum absolute atomic E-state index is 0.245. The summed E-state index contributed by atoms with van der Waals surface area (Å²) in [7, 11) is 0. The number of benzene rings is 1. The second-order valence-corrected chi connectivity index (χ2v) is 8.42. The number of hydrogen-bond acceptors (Lipinski definition) is 3. The molecule has 3 aliphatic rings. The summed E-state index contributed by atoms with van der Waals surface area (Å²) >= 11 is 0. The molecule has 1 spiro atoms. The van der Waals surface area contributed by atoms with E-state index in [1.165, 1.54) is 11.1 Å². The number of fused-ring (bicyclic) bond motifs is 1. The number of ether oxygens (including phenoxy) is 2. The predicted octanol–water partition coefficient (Wildman–Crippen LogP) is 3.23. The molecular formula is C22H31NO3. The Kier molecular flexibility index (Phi) is 5.32. The maximum Gasteiger partial charge on any atom is 0.222 e. The number of hydrogen-bond donors (Lipinski definition) is 0. The third-order valence-electron chi connectivity index (χ3n) is 6.57. The maximum absolute atomic E-state index is 12.8. The van der Waals surface area contributed by atoms with Gasteiger partial charge in [0.25, 0.3) is 0 Å². The highest BCUT2D eigenvalue weighted by Gasteiger charge is 2.43. The van der Waals surface area contributed by atoms with Crippen molar-refractivity contribution in [1.82, 2.24) is 4.90 Å². The minimum Gasteiger partial charge on any atom is -0.379 e. The van der Waals surface area contributed by atoms with Gasteiger partial charge in [-0.15, -0.1) is 0 Å². The summed E-state index contributed by atoms with van der Waals surface area (Å²) in [6.45, 7) is 6.11. The first-order valence-electron chi connectivity index (χ1n) is 10.2. The van der Waals surface area contributed by atoms with Crippen molar-refractivity contribution in [3.63, 3.8) is 0 Å². The lowest BCUT2D eigenvalue weighted by atomic mass is 9.76.